The van der Waals surface area contributed by atoms with E-state index in [0.29, 0.717) is 0 Å². The third-order valence-electron chi connectivity index (χ3n) is 3.42. The Morgan fingerprint density at radius 3 is 2.75 bits per heavy atom. The Morgan fingerprint density at radius 2 is 2.12 bits per heavy atom. The van der Waals surface area contributed by atoms with E-state index >= 15 is 0 Å². The topological polar surface area (TPSA) is 36.4 Å². The second kappa shape index (κ2) is 4.52. The number of piperidine rings is 1. The second-order valence-electron chi connectivity index (χ2n) is 5.04. The van der Waals surface area contributed by atoms with Crippen LogP contribution in [0.25, 0.3) is 0 Å². The number of aliphatic hydroxyl groups is 1. The van der Waals surface area contributed by atoms with E-state index in [1.165, 1.54) is 5.56 Å². The van der Waals surface area contributed by atoms with Gasteiger partial charge < -0.3 is 5.11 Å². The number of aromatic nitrogens is 1. The Hall–Kier alpha value is -0.930. The van der Waals surface area contributed by atoms with E-state index in [0.717, 1.165) is 38.2 Å². The quantitative estimate of drug-likeness (QED) is 0.824. The predicted octanol–water partition coefficient (Wildman–Crippen LogP) is 1.74. The monoisotopic (exact) mass is 220 g/mol. The highest BCUT2D eigenvalue weighted by Crippen LogP contribution is 2.22. The molecular formula is C13H20N2O. The number of nitrogens with zero attached hydrogens (tertiary/aromatic N) is 2. The molecule has 1 fully saturated rings. The van der Waals surface area contributed by atoms with Crippen LogP contribution in [0, 0.1) is 6.92 Å². The van der Waals surface area contributed by atoms with E-state index < -0.39 is 5.60 Å². The van der Waals surface area contributed by atoms with Gasteiger partial charge in [0.2, 0.25) is 0 Å². The third kappa shape index (κ3) is 2.80. The number of likely N-dealkylation sites (tertiary alicyclic amines) is 1. The first kappa shape index (κ1) is 11.6. The molecule has 1 aliphatic rings. The number of rotatable bonds is 2. The molecule has 0 unspecified atom stereocenters. The normalized spacial score (nSPS) is 20.9. The van der Waals surface area contributed by atoms with Crippen LogP contribution in [-0.2, 0) is 6.54 Å². The average Bonchev–Trinajstić information content (AvgIpc) is 2.24. The highest BCUT2D eigenvalue weighted by atomic mass is 16.3. The van der Waals surface area contributed by atoms with E-state index in [1.807, 2.05) is 19.2 Å². The van der Waals surface area contributed by atoms with Crippen LogP contribution in [0.5, 0.6) is 0 Å². The SMILES string of the molecule is Cc1cccnc1CN1CCC(C)(O)CC1. The van der Waals surface area contributed by atoms with E-state index in [2.05, 4.69) is 22.9 Å². The Bertz CT molecular complexity index is 353. The Labute approximate surface area is 97.1 Å². The molecule has 0 saturated carbocycles. The van der Waals surface area contributed by atoms with Crippen LogP contribution in [0.3, 0.4) is 0 Å². The molecule has 3 heteroatoms. The van der Waals surface area contributed by atoms with E-state index in [1.54, 1.807) is 0 Å². The lowest BCUT2D eigenvalue weighted by atomic mass is 9.94. The molecule has 1 aromatic rings. The Kier molecular flexibility index (Phi) is 3.26. The molecule has 3 nitrogen and oxygen atoms in total. The van der Waals surface area contributed by atoms with Gasteiger partial charge in [-0.15, -0.1) is 0 Å². The molecule has 1 aliphatic heterocycles. The predicted molar refractivity (Wildman–Crippen MR) is 64.1 cm³/mol. The molecule has 88 valence electrons. The lowest BCUT2D eigenvalue weighted by molar-refractivity contribution is -0.00761. The van der Waals surface area contributed by atoms with Gasteiger partial charge in [-0.05, 0) is 38.3 Å². The summed E-state index contributed by atoms with van der Waals surface area (Å²) in [5.41, 5.74) is 1.94. The zero-order chi connectivity index (χ0) is 11.6. The fourth-order valence-corrected chi connectivity index (χ4v) is 2.09. The van der Waals surface area contributed by atoms with Gasteiger partial charge in [0, 0.05) is 25.8 Å². The second-order valence-corrected chi connectivity index (χ2v) is 5.04. The first-order chi connectivity index (χ1) is 7.57. The van der Waals surface area contributed by atoms with Gasteiger partial charge in [0.25, 0.3) is 0 Å². The van der Waals surface area contributed by atoms with E-state index in [9.17, 15) is 5.11 Å². The fraction of sp³-hybridized carbons (Fsp3) is 0.615. The summed E-state index contributed by atoms with van der Waals surface area (Å²) in [4.78, 5) is 6.77. The molecule has 0 amide bonds. The van der Waals surface area contributed by atoms with Crippen molar-refractivity contribution < 1.29 is 5.11 Å². The van der Waals surface area contributed by atoms with Crippen LogP contribution in [0.4, 0.5) is 0 Å². The minimum Gasteiger partial charge on any atom is -0.390 e. The van der Waals surface area contributed by atoms with E-state index in [4.69, 9.17) is 0 Å². The summed E-state index contributed by atoms with van der Waals surface area (Å²) in [7, 11) is 0. The number of aryl methyl sites for hydroxylation is 1. The summed E-state index contributed by atoms with van der Waals surface area (Å²) in [6.45, 7) is 6.85. The van der Waals surface area contributed by atoms with Crippen molar-refractivity contribution in [2.24, 2.45) is 0 Å². The lowest BCUT2D eigenvalue weighted by Gasteiger charge is -2.35. The number of pyridine rings is 1. The molecule has 0 aliphatic carbocycles. The fourth-order valence-electron chi connectivity index (χ4n) is 2.09. The van der Waals surface area contributed by atoms with E-state index in [-0.39, 0.29) is 0 Å². The standard InChI is InChI=1S/C13H20N2O/c1-11-4-3-7-14-12(11)10-15-8-5-13(2,16)6-9-15/h3-4,7,16H,5-6,8-10H2,1-2H3. The first-order valence-electron chi connectivity index (χ1n) is 5.92. The highest BCUT2D eigenvalue weighted by molar-refractivity contribution is 5.17. The summed E-state index contributed by atoms with van der Waals surface area (Å²) in [5.74, 6) is 0. The highest BCUT2D eigenvalue weighted by Gasteiger charge is 2.27. The van der Waals surface area contributed by atoms with Crippen molar-refractivity contribution in [3.05, 3.63) is 29.6 Å². The summed E-state index contributed by atoms with van der Waals surface area (Å²) in [6, 6.07) is 4.07. The van der Waals surface area contributed by atoms with Crippen LogP contribution in [0.15, 0.2) is 18.3 Å². The van der Waals surface area contributed by atoms with Crippen LogP contribution < -0.4 is 0 Å². The maximum Gasteiger partial charge on any atom is 0.0644 e. The molecule has 2 heterocycles. The maximum absolute atomic E-state index is 9.87. The first-order valence-corrected chi connectivity index (χ1v) is 5.92. The van der Waals surface area contributed by atoms with Gasteiger partial charge in [-0.3, -0.25) is 9.88 Å². The number of hydrogen-bond acceptors (Lipinski definition) is 3. The van der Waals surface area contributed by atoms with Crippen molar-refractivity contribution in [3.8, 4) is 0 Å². The van der Waals surface area contributed by atoms with Gasteiger partial charge in [0.15, 0.2) is 0 Å². The largest absolute Gasteiger partial charge is 0.390 e. The van der Waals surface area contributed by atoms with Crippen LogP contribution in [-0.4, -0.2) is 33.7 Å². The van der Waals surface area contributed by atoms with Gasteiger partial charge in [0.05, 0.1) is 11.3 Å². The molecule has 0 aromatic carbocycles. The Balaban J connectivity index is 1.95. The zero-order valence-corrected chi connectivity index (χ0v) is 10.1. The van der Waals surface area contributed by atoms with Crippen LogP contribution in [0.2, 0.25) is 0 Å². The summed E-state index contributed by atoms with van der Waals surface area (Å²) in [6.07, 6.45) is 3.57. The van der Waals surface area contributed by atoms with Gasteiger partial charge in [-0.2, -0.15) is 0 Å². The smallest absolute Gasteiger partial charge is 0.0644 e. The van der Waals surface area contributed by atoms with Crippen molar-refractivity contribution >= 4 is 0 Å². The van der Waals surface area contributed by atoms with Crippen molar-refractivity contribution in [1.29, 1.82) is 0 Å². The van der Waals surface area contributed by atoms with Gasteiger partial charge in [-0.1, -0.05) is 6.07 Å². The average molecular weight is 220 g/mol. The third-order valence-corrected chi connectivity index (χ3v) is 3.42. The molecule has 0 spiro atoms. The molecule has 1 saturated heterocycles. The molecule has 1 N–H and O–H groups in total. The maximum atomic E-state index is 9.87. The molecule has 0 atom stereocenters. The van der Waals surface area contributed by atoms with Crippen molar-refractivity contribution in [1.82, 2.24) is 9.88 Å². The summed E-state index contributed by atoms with van der Waals surface area (Å²) >= 11 is 0. The number of hydrogen-bond donors (Lipinski definition) is 1. The summed E-state index contributed by atoms with van der Waals surface area (Å²) < 4.78 is 0. The van der Waals surface area contributed by atoms with Gasteiger partial charge in [-0.25, -0.2) is 0 Å². The zero-order valence-electron chi connectivity index (χ0n) is 10.1. The molecule has 0 bridgehead atoms. The minimum atomic E-state index is -0.463. The minimum absolute atomic E-state index is 0.463. The van der Waals surface area contributed by atoms with Crippen molar-refractivity contribution in [2.75, 3.05) is 13.1 Å². The summed E-state index contributed by atoms with van der Waals surface area (Å²) in [5, 5.41) is 9.87. The van der Waals surface area contributed by atoms with Crippen molar-refractivity contribution in [3.63, 3.8) is 0 Å². The molecule has 2 rings (SSSR count). The van der Waals surface area contributed by atoms with Crippen molar-refractivity contribution in [2.45, 2.75) is 38.8 Å². The molecule has 0 radical (unpaired) electrons. The lowest BCUT2D eigenvalue weighted by Crippen LogP contribution is -2.42. The van der Waals surface area contributed by atoms with Gasteiger partial charge in [0.1, 0.15) is 0 Å². The van der Waals surface area contributed by atoms with Crippen LogP contribution >= 0.6 is 0 Å². The molecular weight excluding hydrogens is 200 g/mol. The van der Waals surface area contributed by atoms with Gasteiger partial charge >= 0.3 is 0 Å². The molecule has 1 aromatic heterocycles. The van der Waals surface area contributed by atoms with Crippen LogP contribution in [0.1, 0.15) is 31.0 Å². The molecule has 16 heavy (non-hydrogen) atoms. The Morgan fingerprint density at radius 1 is 1.44 bits per heavy atom.